The van der Waals surface area contributed by atoms with E-state index in [1.54, 1.807) is 13.3 Å². The molecule has 0 amide bonds. The zero-order valence-electron chi connectivity index (χ0n) is 10.2. The molecule has 0 aromatic carbocycles. The number of pyridine rings is 1. The molecule has 1 aromatic rings. The zero-order valence-corrected chi connectivity index (χ0v) is 10.2. The van der Waals surface area contributed by atoms with E-state index in [1.165, 1.54) is 0 Å². The lowest BCUT2D eigenvalue weighted by Gasteiger charge is -2.29. The SMILES string of the molecule is CCN(c1ncccc1CO)C(C)COC. The van der Waals surface area contributed by atoms with E-state index < -0.39 is 0 Å². The maximum Gasteiger partial charge on any atom is 0.134 e. The molecule has 4 heteroatoms. The van der Waals surface area contributed by atoms with Crippen LogP contribution in [0, 0.1) is 0 Å². The molecular weight excluding hydrogens is 204 g/mol. The highest BCUT2D eigenvalue weighted by Crippen LogP contribution is 2.19. The van der Waals surface area contributed by atoms with E-state index >= 15 is 0 Å². The van der Waals surface area contributed by atoms with E-state index in [1.807, 2.05) is 12.1 Å². The van der Waals surface area contributed by atoms with Crippen molar-refractivity contribution in [1.29, 1.82) is 0 Å². The van der Waals surface area contributed by atoms with Crippen LogP contribution in [-0.2, 0) is 11.3 Å². The molecule has 1 heterocycles. The van der Waals surface area contributed by atoms with Gasteiger partial charge in [-0.05, 0) is 19.9 Å². The van der Waals surface area contributed by atoms with Crippen LogP contribution in [0.5, 0.6) is 0 Å². The predicted molar refractivity (Wildman–Crippen MR) is 64.5 cm³/mol. The van der Waals surface area contributed by atoms with Crippen LogP contribution in [0.3, 0.4) is 0 Å². The molecule has 0 bridgehead atoms. The van der Waals surface area contributed by atoms with Gasteiger partial charge in [-0.25, -0.2) is 4.98 Å². The molecule has 90 valence electrons. The molecule has 1 rings (SSSR count). The average Bonchev–Trinajstić information content (AvgIpc) is 2.31. The molecule has 4 nitrogen and oxygen atoms in total. The minimum atomic E-state index is 0.0133. The standard InChI is InChI=1S/C12H20N2O2/c1-4-14(10(2)9-16-3)12-11(8-15)6-5-7-13-12/h5-7,10,15H,4,8-9H2,1-3H3. The number of ether oxygens (including phenoxy) is 1. The van der Waals surface area contributed by atoms with Gasteiger partial charge in [0.2, 0.25) is 0 Å². The highest BCUT2D eigenvalue weighted by atomic mass is 16.5. The van der Waals surface area contributed by atoms with Crippen molar-refractivity contribution in [3.63, 3.8) is 0 Å². The summed E-state index contributed by atoms with van der Waals surface area (Å²) in [5.74, 6) is 0.844. The van der Waals surface area contributed by atoms with Crippen molar-refractivity contribution in [2.24, 2.45) is 0 Å². The fourth-order valence-electron chi connectivity index (χ4n) is 1.81. The zero-order chi connectivity index (χ0) is 12.0. The quantitative estimate of drug-likeness (QED) is 0.794. The van der Waals surface area contributed by atoms with E-state index in [9.17, 15) is 5.11 Å². The first-order chi connectivity index (χ1) is 7.74. The van der Waals surface area contributed by atoms with Crippen molar-refractivity contribution < 1.29 is 9.84 Å². The maximum atomic E-state index is 9.28. The summed E-state index contributed by atoms with van der Waals surface area (Å²) in [6.45, 7) is 5.66. The predicted octanol–water partition coefficient (Wildman–Crippen LogP) is 1.44. The van der Waals surface area contributed by atoms with E-state index in [2.05, 4.69) is 23.7 Å². The Balaban J connectivity index is 2.93. The monoisotopic (exact) mass is 224 g/mol. The fourth-order valence-corrected chi connectivity index (χ4v) is 1.81. The summed E-state index contributed by atoms with van der Waals surface area (Å²) >= 11 is 0. The van der Waals surface area contributed by atoms with Gasteiger partial charge >= 0.3 is 0 Å². The summed E-state index contributed by atoms with van der Waals surface area (Å²) < 4.78 is 5.15. The molecule has 0 aliphatic carbocycles. The molecule has 0 saturated carbocycles. The van der Waals surface area contributed by atoms with Crippen LogP contribution >= 0.6 is 0 Å². The molecule has 1 aromatic heterocycles. The Morgan fingerprint density at radius 1 is 1.56 bits per heavy atom. The van der Waals surface area contributed by atoms with E-state index in [0.29, 0.717) is 6.61 Å². The summed E-state index contributed by atoms with van der Waals surface area (Å²) in [7, 11) is 1.69. The van der Waals surface area contributed by atoms with Crippen molar-refractivity contribution in [1.82, 2.24) is 4.98 Å². The molecule has 1 N–H and O–H groups in total. The van der Waals surface area contributed by atoms with Crippen molar-refractivity contribution in [3.05, 3.63) is 23.9 Å². The number of nitrogens with zero attached hydrogens (tertiary/aromatic N) is 2. The Morgan fingerprint density at radius 2 is 2.31 bits per heavy atom. The molecule has 16 heavy (non-hydrogen) atoms. The lowest BCUT2D eigenvalue weighted by Crippen LogP contribution is -2.37. The van der Waals surface area contributed by atoms with Crippen LogP contribution in [0.15, 0.2) is 18.3 Å². The number of aromatic nitrogens is 1. The van der Waals surface area contributed by atoms with Crippen molar-refractivity contribution in [2.45, 2.75) is 26.5 Å². The highest BCUT2D eigenvalue weighted by Gasteiger charge is 2.16. The van der Waals surface area contributed by atoms with E-state index in [4.69, 9.17) is 4.74 Å². The first kappa shape index (κ1) is 12.9. The normalized spacial score (nSPS) is 12.5. The Bertz CT molecular complexity index is 318. The second kappa shape index (κ2) is 6.45. The number of likely N-dealkylation sites (N-methyl/N-ethyl adjacent to an activating group) is 1. The summed E-state index contributed by atoms with van der Waals surface area (Å²) in [6.07, 6.45) is 1.75. The maximum absolute atomic E-state index is 9.28. The third-order valence-corrected chi connectivity index (χ3v) is 2.59. The van der Waals surface area contributed by atoms with Crippen LogP contribution in [0.4, 0.5) is 5.82 Å². The molecular formula is C12H20N2O2. The first-order valence-electron chi connectivity index (χ1n) is 5.54. The summed E-state index contributed by atoms with van der Waals surface area (Å²) in [4.78, 5) is 6.47. The molecule has 0 radical (unpaired) electrons. The van der Waals surface area contributed by atoms with Gasteiger partial charge in [0.15, 0.2) is 0 Å². The van der Waals surface area contributed by atoms with Gasteiger partial charge in [-0.1, -0.05) is 6.07 Å². The number of methoxy groups -OCH3 is 1. The summed E-state index contributed by atoms with van der Waals surface area (Å²) in [6, 6.07) is 3.98. The number of hydrogen-bond acceptors (Lipinski definition) is 4. The number of hydrogen-bond donors (Lipinski definition) is 1. The number of anilines is 1. The molecule has 1 unspecified atom stereocenters. The van der Waals surface area contributed by atoms with Crippen molar-refractivity contribution in [3.8, 4) is 0 Å². The van der Waals surface area contributed by atoms with Gasteiger partial charge in [-0.3, -0.25) is 0 Å². The second-order valence-corrected chi connectivity index (χ2v) is 3.73. The number of aliphatic hydroxyl groups excluding tert-OH is 1. The molecule has 0 fully saturated rings. The third-order valence-electron chi connectivity index (χ3n) is 2.59. The smallest absolute Gasteiger partial charge is 0.134 e. The lowest BCUT2D eigenvalue weighted by molar-refractivity contribution is 0.181. The van der Waals surface area contributed by atoms with Gasteiger partial charge in [0, 0.05) is 25.4 Å². The molecule has 1 atom stereocenters. The molecule has 0 aliphatic heterocycles. The topological polar surface area (TPSA) is 45.6 Å². The molecule has 0 spiro atoms. The van der Waals surface area contributed by atoms with Crippen LogP contribution in [0.25, 0.3) is 0 Å². The average molecular weight is 224 g/mol. The Morgan fingerprint density at radius 3 is 2.88 bits per heavy atom. The largest absolute Gasteiger partial charge is 0.392 e. The van der Waals surface area contributed by atoms with Gasteiger partial charge < -0.3 is 14.7 Å². The van der Waals surface area contributed by atoms with Gasteiger partial charge in [0.25, 0.3) is 0 Å². The van der Waals surface area contributed by atoms with Gasteiger partial charge in [0.05, 0.1) is 19.3 Å². The Labute approximate surface area is 96.9 Å². The van der Waals surface area contributed by atoms with E-state index in [0.717, 1.165) is 17.9 Å². The Kier molecular flexibility index (Phi) is 5.22. The highest BCUT2D eigenvalue weighted by molar-refractivity contribution is 5.47. The van der Waals surface area contributed by atoms with E-state index in [-0.39, 0.29) is 12.6 Å². The molecule has 0 saturated heterocycles. The Hall–Kier alpha value is -1.13. The van der Waals surface area contributed by atoms with Crippen molar-refractivity contribution >= 4 is 5.82 Å². The summed E-state index contributed by atoms with van der Waals surface area (Å²) in [5.41, 5.74) is 0.854. The van der Waals surface area contributed by atoms with Crippen LogP contribution in [-0.4, -0.2) is 36.4 Å². The molecule has 0 aliphatic rings. The fraction of sp³-hybridized carbons (Fsp3) is 0.583. The van der Waals surface area contributed by atoms with Gasteiger partial charge in [-0.15, -0.1) is 0 Å². The van der Waals surface area contributed by atoms with Gasteiger partial charge in [-0.2, -0.15) is 0 Å². The minimum Gasteiger partial charge on any atom is -0.392 e. The summed E-state index contributed by atoms with van der Waals surface area (Å²) in [5, 5.41) is 9.28. The first-order valence-corrected chi connectivity index (χ1v) is 5.54. The number of rotatable bonds is 6. The lowest BCUT2D eigenvalue weighted by atomic mass is 10.2. The van der Waals surface area contributed by atoms with Crippen LogP contribution in [0.1, 0.15) is 19.4 Å². The second-order valence-electron chi connectivity index (χ2n) is 3.73. The van der Waals surface area contributed by atoms with Crippen LogP contribution < -0.4 is 4.90 Å². The minimum absolute atomic E-state index is 0.0133. The van der Waals surface area contributed by atoms with Gasteiger partial charge in [0.1, 0.15) is 5.82 Å². The van der Waals surface area contributed by atoms with Crippen LogP contribution in [0.2, 0.25) is 0 Å². The number of aliphatic hydroxyl groups is 1. The van der Waals surface area contributed by atoms with Crippen molar-refractivity contribution in [2.75, 3.05) is 25.2 Å². The third kappa shape index (κ3) is 2.93.